The second-order valence-electron chi connectivity index (χ2n) is 5.57. The maximum atomic E-state index is 12.8. The van der Waals surface area contributed by atoms with Crippen LogP contribution in [0.3, 0.4) is 0 Å². The molecule has 0 bridgehead atoms. The molecule has 0 spiro atoms. The lowest BCUT2D eigenvalue weighted by atomic mass is 9.99. The Morgan fingerprint density at radius 2 is 1.96 bits per heavy atom. The molecule has 0 amide bonds. The quantitative estimate of drug-likeness (QED) is 0.766. The van der Waals surface area contributed by atoms with Gasteiger partial charge in [-0.1, -0.05) is 30.3 Å². The van der Waals surface area contributed by atoms with E-state index >= 15 is 0 Å². The lowest BCUT2D eigenvalue weighted by Crippen LogP contribution is -2.25. The molecule has 4 rings (SSSR count). The van der Waals surface area contributed by atoms with Crippen molar-refractivity contribution in [2.24, 2.45) is 0 Å². The lowest BCUT2D eigenvalue weighted by molar-refractivity contribution is 0.602. The van der Waals surface area contributed by atoms with Gasteiger partial charge < -0.3 is 5.32 Å². The molecule has 1 aromatic heterocycles. The van der Waals surface area contributed by atoms with Crippen LogP contribution in [-0.2, 0) is 23.0 Å². The van der Waals surface area contributed by atoms with Crippen molar-refractivity contribution >= 4 is 37.1 Å². The third kappa shape index (κ3) is 2.63. The lowest BCUT2D eigenvalue weighted by Gasteiger charge is -2.20. The van der Waals surface area contributed by atoms with E-state index in [9.17, 15) is 8.42 Å². The Bertz CT molecular complexity index is 977. The van der Waals surface area contributed by atoms with Crippen LogP contribution in [0, 0.1) is 0 Å². The number of anilines is 1. The number of benzene rings is 2. The zero-order valence-corrected chi connectivity index (χ0v) is 14.0. The number of thiophene rings is 1. The first-order chi connectivity index (χ1) is 11.1. The Labute approximate surface area is 139 Å². The SMILES string of the molecule is O=S(=O)(Nc1cccc2c1CCNC2)c1csc2ccccc12. The minimum absolute atomic E-state index is 0.352. The van der Waals surface area contributed by atoms with E-state index in [1.807, 2.05) is 42.5 Å². The van der Waals surface area contributed by atoms with Crippen LogP contribution in [0.15, 0.2) is 52.7 Å². The molecule has 6 heteroatoms. The van der Waals surface area contributed by atoms with Crippen molar-refractivity contribution in [1.29, 1.82) is 0 Å². The van der Waals surface area contributed by atoms with Crippen LogP contribution in [0.4, 0.5) is 5.69 Å². The number of sulfonamides is 1. The molecule has 118 valence electrons. The molecule has 0 atom stereocenters. The maximum absolute atomic E-state index is 12.8. The number of fused-ring (bicyclic) bond motifs is 2. The van der Waals surface area contributed by atoms with Crippen molar-refractivity contribution < 1.29 is 8.42 Å². The highest BCUT2D eigenvalue weighted by Crippen LogP contribution is 2.32. The van der Waals surface area contributed by atoms with Crippen LogP contribution in [0.25, 0.3) is 10.1 Å². The van der Waals surface area contributed by atoms with Crippen LogP contribution in [0.5, 0.6) is 0 Å². The average Bonchev–Trinajstić information content (AvgIpc) is 3.00. The molecule has 1 aliphatic heterocycles. The predicted octanol–water partition coefficient (Wildman–Crippen LogP) is 3.35. The molecule has 0 radical (unpaired) electrons. The van der Waals surface area contributed by atoms with Gasteiger partial charge in [-0.15, -0.1) is 11.3 Å². The van der Waals surface area contributed by atoms with E-state index in [0.717, 1.165) is 40.7 Å². The smallest absolute Gasteiger partial charge is 0.263 e. The zero-order valence-electron chi connectivity index (χ0n) is 12.4. The Morgan fingerprint density at radius 1 is 1.09 bits per heavy atom. The van der Waals surface area contributed by atoms with Crippen molar-refractivity contribution in [1.82, 2.24) is 5.32 Å². The fraction of sp³-hybridized carbons (Fsp3) is 0.176. The highest BCUT2D eigenvalue weighted by Gasteiger charge is 2.21. The summed E-state index contributed by atoms with van der Waals surface area (Å²) in [6.07, 6.45) is 0.832. The van der Waals surface area contributed by atoms with E-state index in [2.05, 4.69) is 10.0 Å². The number of rotatable bonds is 3. The monoisotopic (exact) mass is 344 g/mol. The summed E-state index contributed by atoms with van der Waals surface area (Å²) >= 11 is 1.45. The second-order valence-corrected chi connectivity index (χ2v) is 8.13. The fourth-order valence-electron chi connectivity index (χ4n) is 2.99. The molecule has 2 aromatic carbocycles. The molecule has 3 aromatic rings. The average molecular weight is 344 g/mol. The largest absolute Gasteiger partial charge is 0.312 e. The van der Waals surface area contributed by atoms with Gasteiger partial charge in [-0.2, -0.15) is 0 Å². The van der Waals surface area contributed by atoms with Gasteiger partial charge in [0.2, 0.25) is 0 Å². The van der Waals surface area contributed by atoms with Gasteiger partial charge in [0.25, 0.3) is 10.0 Å². The summed E-state index contributed by atoms with van der Waals surface area (Å²) in [5.74, 6) is 0. The Hall–Kier alpha value is -1.89. The van der Waals surface area contributed by atoms with Crippen molar-refractivity contribution in [3.8, 4) is 0 Å². The van der Waals surface area contributed by atoms with Crippen molar-refractivity contribution in [2.45, 2.75) is 17.9 Å². The van der Waals surface area contributed by atoms with Crippen molar-refractivity contribution in [2.75, 3.05) is 11.3 Å². The van der Waals surface area contributed by atoms with Crippen LogP contribution in [-0.4, -0.2) is 15.0 Å². The van der Waals surface area contributed by atoms with Crippen LogP contribution in [0.1, 0.15) is 11.1 Å². The van der Waals surface area contributed by atoms with Gasteiger partial charge in [0, 0.05) is 22.0 Å². The van der Waals surface area contributed by atoms with Crippen molar-refractivity contribution in [3.63, 3.8) is 0 Å². The summed E-state index contributed by atoms with van der Waals surface area (Å²) in [6.45, 7) is 1.65. The standard InChI is InChI=1S/C17H16N2O2S2/c20-23(21,17-11-22-16-7-2-1-5-14(16)17)19-15-6-3-4-12-10-18-9-8-13(12)15/h1-7,11,18-19H,8-10H2. The first-order valence-corrected chi connectivity index (χ1v) is 9.82. The molecular formula is C17H16N2O2S2. The van der Waals surface area contributed by atoms with Gasteiger partial charge in [-0.05, 0) is 36.2 Å². The zero-order chi connectivity index (χ0) is 15.9. The summed E-state index contributed by atoms with van der Waals surface area (Å²) in [4.78, 5) is 0.352. The summed E-state index contributed by atoms with van der Waals surface area (Å²) in [5.41, 5.74) is 2.94. The highest BCUT2D eigenvalue weighted by molar-refractivity contribution is 7.93. The number of hydrogen-bond donors (Lipinski definition) is 2. The number of nitrogens with one attached hydrogen (secondary N) is 2. The molecule has 0 fully saturated rings. The summed E-state index contributed by atoms with van der Waals surface area (Å²) in [5, 5.41) is 5.79. The fourth-order valence-corrected chi connectivity index (χ4v) is 5.59. The van der Waals surface area contributed by atoms with Gasteiger partial charge >= 0.3 is 0 Å². The molecule has 2 N–H and O–H groups in total. The summed E-state index contributed by atoms with van der Waals surface area (Å²) in [6, 6.07) is 13.4. The highest BCUT2D eigenvalue weighted by atomic mass is 32.2. The van der Waals surface area contributed by atoms with Gasteiger partial charge in [0.1, 0.15) is 4.90 Å². The first kappa shape index (κ1) is 14.7. The normalized spacial score (nSPS) is 14.6. The molecule has 23 heavy (non-hydrogen) atoms. The molecule has 4 nitrogen and oxygen atoms in total. The Kier molecular flexibility index (Phi) is 3.60. The van der Waals surface area contributed by atoms with Gasteiger partial charge in [0.05, 0.1) is 5.69 Å². The summed E-state index contributed by atoms with van der Waals surface area (Å²) < 4.78 is 29.5. The molecule has 0 saturated carbocycles. The second kappa shape index (κ2) is 5.63. The van der Waals surface area contributed by atoms with E-state index in [-0.39, 0.29) is 0 Å². The molecule has 1 aliphatic rings. The third-order valence-electron chi connectivity index (χ3n) is 4.12. The Morgan fingerprint density at radius 3 is 2.87 bits per heavy atom. The molecule has 2 heterocycles. The van der Waals surface area contributed by atoms with E-state index in [4.69, 9.17) is 0 Å². The van der Waals surface area contributed by atoms with E-state index in [1.165, 1.54) is 11.3 Å². The molecule has 0 saturated heterocycles. The minimum Gasteiger partial charge on any atom is -0.312 e. The van der Waals surface area contributed by atoms with Gasteiger partial charge in [0.15, 0.2) is 0 Å². The first-order valence-electron chi connectivity index (χ1n) is 7.46. The molecular weight excluding hydrogens is 328 g/mol. The molecule has 0 aliphatic carbocycles. The van der Waals surface area contributed by atoms with Gasteiger partial charge in [-0.25, -0.2) is 8.42 Å². The predicted molar refractivity (Wildman–Crippen MR) is 94.5 cm³/mol. The molecule has 0 unspecified atom stereocenters. The summed E-state index contributed by atoms with van der Waals surface area (Å²) in [7, 11) is -3.59. The van der Waals surface area contributed by atoms with Crippen LogP contribution in [0.2, 0.25) is 0 Å². The third-order valence-corrected chi connectivity index (χ3v) is 6.64. The van der Waals surface area contributed by atoms with Gasteiger partial charge in [-0.3, -0.25) is 4.72 Å². The van der Waals surface area contributed by atoms with Crippen molar-refractivity contribution in [3.05, 3.63) is 59.0 Å². The maximum Gasteiger partial charge on any atom is 0.263 e. The van der Waals surface area contributed by atoms with Crippen LogP contribution >= 0.6 is 11.3 Å². The van der Waals surface area contributed by atoms with Crippen LogP contribution < -0.4 is 10.0 Å². The van der Waals surface area contributed by atoms with E-state index < -0.39 is 10.0 Å². The number of hydrogen-bond acceptors (Lipinski definition) is 4. The Balaban J connectivity index is 1.76. The van der Waals surface area contributed by atoms with E-state index in [0.29, 0.717) is 10.6 Å². The minimum atomic E-state index is -3.59. The van der Waals surface area contributed by atoms with E-state index in [1.54, 1.807) is 5.38 Å². The topological polar surface area (TPSA) is 58.2 Å².